The second kappa shape index (κ2) is 8.46. The monoisotopic (exact) mass is 301 g/mol. The van der Waals surface area contributed by atoms with Crippen LogP contribution in [0.15, 0.2) is 0 Å². The van der Waals surface area contributed by atoms with Crippen LogP contribution in [-0.2, 0) is 14.3 Å². The van der Waals surface area contributed by atoms with Gasteiger partial charge >= 0.3 is 12.0 Å². The lowest BCUT2D eigenvalue weighted by Crippen LogP contribution is -2.53. The van der Waals surface area contributed by atoms with Crippen molar-refractivity contribution in [3.8, 4) is 0 Å². The molecule has 2 N–H and O–H groups in total. The topological polar surface area (TPSA) is 99.2 Å². The highest BCUT2D eigenvalue weighted by molar-refractivity contribution is 5.87. The second-order valence-electron chi connectivity index (χ2n) is 4.83. The average Bonchev–Trinajstić information content (AvgIpc) is 2.47. The lowest BCUT2D eigenvalue weighted by molar-refractivity contribution is -0.138. The molecule has 1 heterocycles. The summed E-state index contributed by atoms with van der Waals surface area (Å²) < 4.78 is 5.18. The van der Waals surface area contributed by atoms with Crippen molar-refractivity contribution >= 4 is 17.9 Å². The van der Waals surface area contributed by atoms with E-state index in [0.29, 0.717) is 32.8 Å². The molecule has 1 aliphatic rings. The number of hydrogen-bond acceptors (Lipinski definition) is 4. The van der Waals surface area contributed by atoms with E-state index in [2.05, 4.69) is 5.32 Å². The van der Waals surface area contributed by atoms with Gasteiger partial charge in [-0.05, 0) is 13.8 Å². The maximum Gasteiger partial charge on any atom is 0.318 e. The highest BCUT2D eigenvalue weighted by Crippen LogP contribution is 2.02. The maximum atomic E-state index is 12.2. The molecule has 8 heteroatoms. The van der Waals surface area contributed by atoms with Crippen molar-refractivity contribution in [2.45, 2.75) is 26.3 Å². The molecule has 1 unspecified atom stereocenters. The van der Waals surface area contributed by atoms with Crippen molar-refractivity contribution in [3.05, 3.63) is 0 Å². The molecule has 1 aliphatic heterocycles. The number of aliphatic carboxylic acids is 1. The summed E-state index contributed by atoms with van der Waals surface area (Å²) in [5.74, 6) is -1.11. The van der Waals surface area contributed by atoms with E-state index in [0.717, 1.165) is 0 Å². The molecule has 0 aromatic heterocycles. The molecular weight excluding hydrogens is 278 g/mol. The fourth-order valence-electron chi connectivity index (χ4n) is 2.03. The smallest absolute Gasteiger partial charge is 0.318 e. The van der Waals surface area contributed by atoms with E-state index in [4.69, 9.17) is 9.84 Å². The Balaban J connectivity index is 2.46. The molecule has 21 heavy (non-hydrogen) atoms. The normalized spacial score (nSPS) is 16.2. The first-order chi connectivity index (χ1) is 9.95. The number of hydrogen-bond donors (Lipinski definition) is 2. The zero-order valence-corrected chi connectivity index (χ0v) is 12.5. The average molecular weight is 301 g/mol. The Hall–Kier alpha value is -1.83. The Labute approximate surface area is 124 Å². The Kier molecular flexibility index (Phi) is 6.93. The van der Waals surface area contributed by atoms with Crippen molar-refractivity contribution in [2.24, 2.45) is 0 Å². The quantitative estimate of drug-likeness (QED) is 0.704. The van der Waals surface area contributed by atoms with Crippen LogP contribution in [-0.4, -0.2) is 78.2 Å². The third-order valence-electron chi connectivity index (χ3n) is 3.30. The van der Waals surface area contributed by atoms with Gasteiger partial charge in [0.1, 0.15) is 6.04 Å². The first-order valence-corrected chi connectivity index (χ1v) is 7.09. The van der Waals surface area contributed by atoms with Gasteiger partial charge in [0.05, 0.1) is 19.6 Å². The van der Waals surface area contributed by atoms with E-state index < -0.39 is 18.0 Å². The second-order valence-corrected chi connectivity index (χ2v) is 4.83. The first kappa shape index (κ1) is 17.2. The van der Waals surface area contributed by atoms with Crippen molar-refractivity contribution in [1.29, 1.82) is 0 Å². The van der Waals surface area contributed by atoms with E-state index in [1.165, 1.54) is 4.90 Å². The summed E-state index contributed by atoms with van der Waals surface area (Å²) in [7, 11) is 0. The number of rotatable bonds is 6. The fraction of sp³-hybridized carbons (Fsp3) is 0.769. The molecule has 0 aliphatic carbocycles. The van der Waals surface area contributed by atoms with E-state index in [1.807, 2.05) is 0 Å². The lowest BCUT2D eigenvalue weighted by Gasteiger charge is -2.30. The van der Waals surface area contributed by atoms with Gasteiger partial charge in [0.2, 0.25) is 5.91 Å². The highest BCUT2D eigenvalue weighted by atomic mass is 16.5. The zero-order chi connectivity index (χ0) is 15.8. The Morgan fingerprint density at radius 3 is 2.48 bits per heavy atom. The van der Waals surface area contributed by atoms with Crippen molar-refractivity contribution in [2.75, 3.05) is 39.4 Å². The number of carbonyl (C=O) groups is 3. The minimum Gasteiger partial charge on any atom is -0.481 e. The van der Waals surface area contributed by atoms with Crippen molar-refractivity contribution in [3.63, 3.8) is 0 Å². The van der Waals surface area contributed by atoms with Gasteiger partial charge in [0.15, 0.2) is 0 Å². The van der Waals surface area contributed by atoms with Crippen molar-refractivity contribution < 1.29 is 24.2 Å². The number of urea groups is 1. The number of carboxylic acids is 1. The molecule has 3 amide bonds. The van der Waals surface area contributed by atoms with Crippen LogP contribution in [0.2, 0.25) is 0 Å². The molecule has 0 aromatic rings. The van der Waals surface area contributed by atoms with Crippen LogP contribution in [0.5, 0.6) is 0 Å². The third kappa shape index (κ3) is 5.58. The van der Waals surface area contributed by atoms with E-state index >= 15 is 0 Å². The first-order valence-electron chi connectivity index (χ1n) is 7.09. The number of nitrogens with zero attached hydrogens (tertiary/aromatic N) is 2. The summed E-state index contributed by atoms with van der Waals surface area (Å²) in [6.45, 7) is 5.95. The number of carbonyl (C=O) groups excluding carboxylic acids is 2. The van der Waals surface area contributed by atoms with E-state index in [9.17, 15) is 14.4 Å². The number of carboxylic acid groups (broad SMARTS) is 1. The Bertz CT molecular complexity index is 382. The third-order valence-corrected chi connectivity index (χ3v) is 3.30. The van der Waals surface area contributed by atoms with E-state index in [1.54, 1.807) is 18.7 Å². The SMILES string of the molecule is CCN(CCC(=O)O)C(=O)NC(C)C(=O)N1CCOCC1. The molecule has 1 fully saturated rings. The van der Waals surface area contributed by atoms with Gasteiger partial charge in [-0.15, -0.1) is 0 Å². The van der Waals surface area contributed by atoms with Crippen LogP contribution in [0.4, 0.5) is 4.79 Å². The van der Waals surface area contributed by atoms with Crippen LogP contribution in [0.25, 0.3) is 0 Å². The predicted octanol–water partition coefficient (Wildman–Crippen LogP) is -0.260. The van der Waals surface area contributed by atoms with Crippen LogP contribution in [0, 0.1) is 0 Å². The summed E-state index contributed by atoms with van der Waals surface area (Å²) in [5, 5.41) is 11.3. The van der Waals surface area contributed by atoms with Gasteiger partial charge in [-0.3, -0.25) is 9.59 Å². The maximum absolute atomic E-state index is 12.2. The molecule has 1 saturated heterocycles. The zero-order valence-electron chi connectivity index (χ0n) is 12.5. The molecule has 1 rings (SSSR count). The summed E-state index contributed by atoms with van der Waals surface area (Å²) in [6.07, 6.45) is -0.118. The number of ether oxygens (including phenoxy) is 1. The van der Waals surface area contributed by atoms with Crippen LogP contribution < -0.4 is 5.32 Å². The molecule has 8 nitrogen and oxygen atoms in total. The summed E-state index contributed by atoms with van der Waals surface area (Å²) >= 11 is 0. The van der Waals surface area contributed by atoms with Gasteiger partial charge in [-0.2, -0.15) is 0 Å². The summed E-state index contributed by atoms with van der Waals surface area (Å²) in [6, 6.07) is -1.07. The lowest BCUT2D eigenvalue weighted by atomic mass is 10.2. The fourth-order valence-corrected chi connectivity index (χ4v) is 2.03. The van der Waals surface area contributed by atoms with Gasteiger partial charge in [-0.25, -0.2) is 4.79 Å². The molecule has 0 aromatic carbocycles. The Morgan fingerprint density at radius 1 is 1.33 bits per heavy atom. The predicted molar refractivity (Wildman–Crippen MR) is 74.9 cm³/mol. The van der Waals surface area contributed by atoms with E-state index in [-0.39, 0.29) is 18.9 Å². The van der Waals surface area contributed by atoms with Gasteiger partial charge in [-0.1, -0.05) is 0 Å². The largest absolute Gasteiger partial charge is 0.481 e. The van der Waals surface area contributed by atoms with Gasteiger partial charge in [0, 0.05) is 26.2 Å². The number of nitrogens with one attached hydrogen (secondary N) is 1. The standard InChI is InChI=1S/C13H23N3O5/c1-3-15(5-4-11(17)18)13(20)14-10(2)12(19)16-6-8-21-9-7-16/h10H,3-9H2,1-2H3,(H,14,20)(H,17,18). The summed E-state index contributed by atoms with van der Waals surface area (Å²) in [5.41, 5.74) is 0. The molecule has 0 radical (unpaired) electrons. The minimum atomic E-state index is -0.960. The molecular formula is C13H23N3O5. The van der Waals surface area contributed by atoms with Crippen LogP contribution in [0.3, 0.4) is 0 Å². The molecule has 0 bridgehead atoms. The van der Waals surface area contributed by atoms with Gasteiger partial charge < -0.3 is 25.0 Å². The van der Waals surface area contributed by atoms with Gasteiger partial charge in [0.25, 0.3) is 0 Å². The highest BCUT2D eigenvalue weighted by Gasteiger charge is 2.25. The minimum absolute atomic E-state index is 0.118. The number of morpholine rings is 1. The molecule has 0 saturated carbocycles. The van der Waals surface area contributed by atoms with Crippen LogP contribution in [0.1, 0.15) is 20.3 Å². The summed E-state index contributed by atoms with van der Waals surface area (Å²) in [4.78, 5) is 37.7. The number of amides is 3. The van der Waals surface area contributed by atoms with Crippen molar-refractivity contribution in [1.82, 2.24) is 15.1 Å². The van der Waals surface area contributed by atoms with Crippen LogP contribution >= 0.6 is 0 Å². The molecule has 0 spiro atoms. The Morgan fingerprint density at radius 2 is 1.95 bits per heavy atom. The molecule has 120 valence electrons. The molecule has 1 atom stereocenters.